The number of urea groups is 1. The first-order chi connectivity index (χ1) is 13.6. The largest absolute Gasteiger partial charge is 0.379 e. The molecule has 2 aliphatic heterocycles. The Morgan fingerprint density at radius 1 is 1.17 bits per heavy atom. The van der Waals surface area contributed by atoms with Crippen molar-refractivity contribution in [3.8, 4) is 0 Å². The highest BCUT2D eigenvalue weighted by Gasteiger charge is 2.38. The molecule has 0 unspecified atom stereocenters. The van der Waals surface area contributed by atoms with Gasteiger partial charge in [0, 0.05) is 38.3 Å². The molecule has 0 radical (unpaired) electrons. The maximum Gasteiger partial charge on any atom is 0.324 e. The van der Waals surface area contributed by atoms with Gasteiger partial charge in [0.1, 0.15) is 0 Å². The molecule has 3 N–H and O–H groups in total. The summed E-state index contributed by atoms with van der Waals surface area (Å²) >= 11 is 0. The summed E-state index contributed by atoms with van der Waals surface area (Å²) in [4.78, 5) is 32.0. The van der Waals surface area contributed by atoms with Crippen molar-refractivity contribution < 1.29 is 14.3 Å². The number of halogens is 1. The van der Waals surface area contributed by atoms with Gasteiger partial charge in [-0.05, 0) is 19.8 Å². The minimum absolute atomic E-state index is 0. The number of hydrogen-bond donors (Lipinski definition) is 3. The van der Waals surface area contributed by atoms with Gasteiger partial charge in [-0.3, -0.25) is 19.6 Å². The second kappa shape index (κ2) is 11.9. The third kappa shape index (κ3) is 6.42. The molecule has 0 aromatic heterocycles. The third-order valence-corrected chi connectivity index (χ3v) is 5.91. The number of carbonyl (C=O) groups is 2. The van der Waals surface area contributed by atoms with Crippen molar-refractivity contribution in [2.75, 3.05) is 59.0 Å². The summed E-state index contributed by atoms with van der Waals surface area (Å²) in [5, 5.41) is 9.09. The van der Waals surface area contributed by atoms with E-state index in [2.05, 4.69) is 20.9 Å². The van der Waals surface area contributed by atoms with Crippen LogP contribution in [0.25, 0.3) is 0 Å². The topological polar surface area (TPSA) is 98.3 Å². The van der Waals surface area contributed by atoms with Gasteiger partial charge in [0.15, 0.2) is 5.96 Å². The highest BCUT2D eigenvalue weighted by atomic mass is 127. The molecule has 0 aromatic carbocycles. The van der Waals surface area contributed by atoms with Crippen LogP contribution in [0.5, 0.6) is 0 Å². The van der Waals surface area contributed by atoms with E-state index in [0.29, 0.717) is 13.1 Å². The standard InChI is InChI=1S/C19H34N6O3.HI/c1-2-20-17(21-8-9-25-16(26)14-22-18(25)27)23-15-19(6-4-3-5-7-19)24-10-12-28-13-11-24;/h2-15H2,1H3,(H,22,27)(H2,20,21,23);1H. The maximum absolute atomic E-state index is 11.7. The molecule has 3 rings (SSSR count). The van der Waals surface area contributed by atoms with Crippen LogP contribution >= 0.6 is 24.0 Å². The van der Waals surface area contributed by atoms with Crippen LogP contribution < -0.4 is 16.0 Å². The Kier molecular flexibility index (Phi) is 9.90. The Bertz CT molecular complexity index is 560. The van der Waals surface area contributed by atoms with Crippen molar-refractivity contribution >= 4 is 41.9 Å². The van der Waals surface area contributed by atoms with Crippen molar-refractivity contribution in [3.63, 3.8) is 0 Å². The number of nitrogens with one attached hydrogen (secondary N) is 3. The van der Waals surface area contributed by atoms with Crippen molar-refractivity contribution in [2.45, 2.75) is 44.6 Å². The van der Waals surface area contributed by atoms with Crippen molar-refractivity contribution in [2.24, 2.45) is 4.99 Å². The van der Waals surface area contributed by atoms with Gasteiger partial charge < -0.3 is 20.7 Å². The SMILES string of the molecule is CCNC(=NCC1(N2CCOCC2)CCCCC1)NCCN1C(=O)CNC1=O.I. The van der Waals surface area contributed by atoms with E-state index < -0.39 is 0 Å². The summed E-state index contributed by atoms with van der Waals surface area (Å²) in [5.41, 5.74) is 0.120. The summed E-state index contributed by atoms with van der Waals surface area (Å²) < 4.78 is 5.55. The Labute approximate surface area is 190 Å². The van der Waals surface area contributed by atoms with Gasteiger partial charge >= 0.3 is 6.03 Å². The fourth-order valence-electron chi connectivity index (χ4n) is 4.36. The first-order valence-corrected chi connectivity index (χ1v) is 10.6. The average Bonchev–Trinajstić information content (AvgIpc) is 3.05. The molecule has 29 heavy (non-hydrogen) atoms. The van der Waals surface area contributed by atoms with Crippen LogP contribution in [0, 0.1) is 0 Å². The molecule has 0 spiro atoms. The Morgan fingerprint density at radius 3 is 2.52 bits per heavy atom. The predicted octanol–water partition coefficient (Wildman–Crippen LogP) is 0.746. The summed E-state index contributed by atoms with van der Waals surface area (Å²) in [6.45, 7) is 8.02. The highest BCUT2D eigenvalue weighted by Crippen LogP contribution is 2.34. The van der Waals surface area contributed by atoms with Gasteiger partial charge in [-0.1, -0.05) is 19.3 Å². The number of amides is 3. The van der Waals surface area contributed by atoms with Gasteiger partial charge in [-0.25, -0.2) is 4.79 Å². The van der Waals surface area contributed by atoms with Crippen molar-refractivity contribution in [1.82, 2.24) is 25.8 Å². The first-order valence-electron chi connectivity index (χ1n) is 10.6. The number of hydrogen-bond acceptors (Lipinski definition) is 5. The van der Waals surface area contributed by atoms with Crippen molar-refractivity contribution in [3.05, 3.63) is 0 Å². The van der Waals surface area contributed by atoms with Crippen LogP contribution in [0.3, 0.4) is 0 Å². The third-order valence-electron chi connectivity index (χ3n) is 5.91. The number of ether oxygens (including phenoxy) is 1. The summed E-state index contributed by atoms with van der Waals surface area (Å²) in [6.07, 6.45) is 6.17. The molecule has 0 aromatic rings. The van der Waals surface area contributed by atoms with E-state index in [1.807, 2.05) is 6.92 Å². The molecule has 166 valence electrons. The van der Waals surface area contributed by atoms with Gasteiger partial charge in [-0.2, -0.15) is 0 Å². The summed E-state index contributed by atoms with van der Waals surface area (Å²) in [5.74, 6) is 0.565. The molecular formula is C19H35IN6O3. The first kappa shape index (κ1) is 24.1. The molecule has 0 atom stereocenters. The second-order valence-corrected chi connectivity index (χ2v) is 7.71. The van der Waals surface area contributed by atoms with Gasteiger partial charge in [-0.15, -0.1) is 24.0 Å². The smallest absolute Gasteiger partial charge is 0.324 e. The number of carbonyl (C=O) groups excluding carboxylic acids is 2. The molecule has 1 saturated carbocycles. The van der Waals surface area contributed by atoms with Crippen LogP contribution in [0.1, 0.15) is 39.0 Å². The van der Waals surface area contributed by atoms with Gasteiger partial charge in [0.25, 0.3) is 0 Å². The quantitative estimate of drug-likeness (QED) is 0.198. The number of nitrogens with zero attached hydrogens (tertiary/aromatic N) is 3. The molecule has 1 aliphatic carbocycles. The molecule has 9 nitrogen and oxygen atoms in total. The van der Waals surface area contributed by atoms with E-state index in [0.717, 1.165) is 45.4 Å². The normalized spacial score (nSPS) is 22.8. The Hall–Kier alpha value is -1.14. The van der Waals surface area contributed by atoms with Crippen molar-refractivity contribution in [1.29, 1.82) is 0 Å². The number of aliphatic imine (C=N–C) groups is 1. The van der Waals surface area contributed by atoms with Crippen LogP contribution in [-0.4, -0.2) is 92.3 Å². The zero-order valence-corrected chi connectivity index (χ0v) is 19.7. The monoisotopic (exact) mass is 522 g/mol. The summed E-state index contributed by atoms with van der Waals surface area (Å²) in [6, 6.07) is -0.317. The lowest BCUT2D eigenvalue weighted by Crippen LogP contribution is -2.56. The zero-order valence-electron chi connectivity index (χ0n) is 17.4. The molecule has 2 saturated heterocycles. The number of guanidine groups is 1. The van der Waals surface area contributed by atoms with Gasteiger partial charge in [0.2, 0.25) is 5.91 Å². The van der Waals surface area contributed by atoms with E-state index >= 15 is 0 Å². The fraction of sp³-hybridized carbons (Fsp3) is 0.842. The maximum atomic E-state index is 11.7. The molecular weight excluding hydrogens is 487 g/mol. The zero-order chi connectivity index (χ0) is 19.8. The lowest BCUT2D eigenvalue weighted by Gasteiger charge is -2.47. The predicted molar refractivity (Wildman–Crippen MR) is 123 cm³/mol. The highest BCUT2D eigenvalue weighted by molar-refractivity contribution is 14.0. The molecule has 2 heterocycles. The fourth-order valence-corrected chi connectivity index (χ4v) is 4.36. The second-order valence-electron chi connectivity index (χ2n) is 7.71. The molecule has 0 bridgehead atoms. The van der Waals surface area contributed by atoms with E-state index in [-0.39, 0.29) is 48.0 Å². The van der Waals surface area contributed by atoms with Crippen LogP contribution in [0.15, 0.2) is 4.99 Å². The van der Waals surface area contributed by atoms with E-state index in [1.54, 1.807) is 0 Å². The Balaban J connectivity index is 0.00000300. The lowest BCUT2D eigenvalue weighted by atomic mass is 9.80. The minimum atomic E-state index is -0.317. The molecule has 3 aliphatic rings. The van der Waals surface area contributed by atoms with Gasteiger partial charge in [0.05, 0.1) is 26.3 Å². The molecule has 3 fully saturated rings. The Morgan fingerprint density at radius 2 is 1.90 bits per heavy atom. The van der Waals surface area contributed by atoms with Crippen LogP contribution in [-0.2, 0) is 9.53 Å². The number of rotatable bonds is 7. The van der Waals surface area contributed by atoms with E-state index in [1.165, 1.54) is 37.0 Å². The average molecular weight is 522 g/mol. The lowest BCUT2D eigenvalue weighted by molar-refractivity contribution is -0.124. The van der Waals surface area contributed by atoms with E-state index in [9.17, 15) is 9.59 Å². The summed E-state index contributed by atoms with van der Waals surface area (Å²) in [7, 11) is 0. The van der Waals surface area contributed by atoms with Crippen LogP contribution in [0.2, 0.25) is 0 Å². The minimum Gasteiger partial charge on any atom is -0.379 e. The molecule has 3 amide bonds. The van der Waals surface area contributed by atoms with Crippen LogP contribution in [0.4, 0.5) is 4.79 Å². The molecule has 10 heteroatoms. The van der Waals surface area contributed by atoms with E-state index in [4.69, 9.17) is 9.73 Å². The number of imide groups is 1. The number of morpholine rings is 1.